The van der Waals surface area contributed by atoms with E-state index < -0.39 is 0 Å². The SMILES string of the molecule is CCOC(=O)C(C)CN1CCCCC1C1CCCN1. The molecule has 0 aromatic carbocycles. The monoisotopic (exact) mass is 268 g/mol. The lowest BCUT2D eigenvalue weighted by Crippen LogP contribution is -2.52. The summed E-state index contributed by atoms with van der Waals surface area (Å²) in [4.78, 5) is 14.3. The molecule has 3 atom stereocenters. The third-order valence-corrected chi connectivity index (χ3v) is 4.42. The summed E-state index contributed by atoms with van der Waals surface area (Å²) in [6.07, 6.45) is 6.44. The first kappa shape index (κ1) is 14.8. The van der Waals surface area contributed by atoms with E-state index in [1.165, 1.54) is 32.1 Å². The fourth-order valence-corrected chi connectivity index (χ4v) is 3.45. The Balaban J connectivity index is 1.89. The summed E-state index contributed by atoms with van der Waals surface area (Å²) in [5, 5.41) is 3.63. The predicted molar refractivity (Wildman–Crippen MR) is 76.0 cm³/mol. The smallest absolute Gasteiger partial charge is 0.309 e. The molecule has 0 aromatic rings. The van der Waals surface area contributed by atoms with Crippen molar-refractivity contribution in [2.24, 2.45) is 5.92 Å². The van der Waals surface area contributed by atoms with Crippen molar-refractivity contribution in [3.05, 3.63) is 0 Å². The molecule has 19 heavy (non-hydrogen) atoms. The molecule has 0 spiro atoms. The first-order valence-corrected chi connectivity index (χ1v) is 7.86. The van der Waals surface area contributed by atoms with Crippen molar-refractivity contribution in [3.63, 3.8) is 0 Å². The van der Waals surface area contributed by atoms with Crippen molar-refractivity contribution in [1.29, 1.82) is 0 Å². The third-order valence-electron chi connectivity index (χ3n) is 4.42. The Morgan fingerprint density at radius 1 is 1.37 bits per heavy atom. The summed E-state index contributed by atoms with van der Waals surface area (Å²) in [6.45, 7) is 7.48. The molecule has 3 unspecified atom stereocenters. The third kappa shape index (κ3) is 3.93. The molecule has 2 fully saturated rings. The van der Waals surface area contributed by atoms with Crippen molar-refractivity contribution >= 4 is 5.97 Å². The van der Waals surface area contributed by atoms with Crippen LogP contribution >= 0.6 is 0 Å². The van der Waals surface area contributed by atoms with Crippen LogP contribution in [0.4, 0.5) is 0 Å². The summed E-state index contributed by atoms with van der Waals surface area (Å²) in [6, 6.07) is 1.25. The molecule has 0 aromatic heterocycles. The van der Waals surface area contributed by atoms with Gasteiger partial charge in [-0.15, -0.1) is 0 Å². The van der Waals surface area contributed by atoms with Crippen LogP contribution < -0.4 is 5.32 Å². The zero-order valence-electron chi connectivity index (χ0n) is 12.4. The van der Waals surface area contributed by atoms with Crippen LogP contribution in [0.5, 0.6) is 0 Å². The van der Waals surface area contributed by atoms with Gasteiger partial charge in [-0.05, 0) is 45.7 Å². The van der Waals surface area contributed by atoms with Crippen LogP contribution in [-0.2, 0) is 9.53 Å². The van der Waals surface area contributed by atoms with Crippen LogP contribution in [-0.4, -0.2) is 49.2 Å². The summed E-state index contributed by atoms with van der Waals surface area (Å²) in [5.41, 5.74) is 0. The fourth-order valence-electron chi connectivity index (χ4n) is 3.45. The Morgan fingerprint density at radius 3 is 2.89 bits per heavy atom. The summed E-state index contributed by atoms with van der Waals surface area (Å²) >= 11 is 0. The molecule has 110 valence electrons. The fraction of sp³-hybridized carbons (Fsp3) is 0.933. The van der Waals surface area contributed by atoms with Gasteiger partial charge in [-0.2, -0.15) is 0 Å². The van der Waals surface area contributed by atoms with Crippen molar-refractivity contribution < 1.29 is 9.53 Å². The number of nitrogens with zero attached hydrogens (tertiary/aromatic N) is 1. The quantitative estimate of drug-likeness (QED) is 0.772. The second-order valence-corrected chi connectivity index (χ2v) is 5.91. The van der Waals surface area contributed by atoms with Crippen molar-refractivity contribution in [2.45, 2.75) is 58.0 Å². The zero-order valence-corrected chi connectivity index (χ0v) is 12.4. The Bertz CT molecular complexity index is 290. The number of nitrogens with one attached hydrogen (secondary N) is 1. The van der Waals surface area contributed by atoms with Crippen LogP contribution in [0.25, 0.3) is 0 Å². The molecule has 0 saturated carbocycles. The van der Waals surface area contributed by atoms with E-state index in [0.29, 0.717) is 18.7 Å². The molecule has 2 saturated heterocycles. The summed E-state index contributed by atoms with van der Waals surface area (Å²) < 4.78 is 5.12. The van der Waals surface area contributed by atoms with Gasteiger partial charge in [0.25, 0.3) is 0 Å². The van der Waals surface area contributed by atoms with E-state index in [1.807, 2.05) is 13.8 Å². The molecule has 4 nitrogen and oxygen atoms in total. The summed E-state index contributed by atoms with van der Waals surface area (Å²) in [7, 11) is 0. The number of likely N-dealkylation sites (tertiary alicyclic amines) is 1. The number of piperidine rings is 1. The molecule has 0 amide bonds. The lowest BCUT2D eigenvalue weighted by atomic mass is 9.93. The van der Waals surface area contributed by atoms with E-state index >= 15 is 0 Å². The van der Waals surface area contributed by atoms with Gasteiger partial charge in [0.05, 0.1) is 12.5 Å². The van der Waals surface area contributed by atoms with Crippen molar-refractivity contribution in [3.8, 4) is 0 Å². The van der Waals surface area contributed by atoms with Gasteiger partial charge in [-0.3, -0.25) is 9.69 Å². The van der Waals surface area contributed by atoms with E-state index in [0.717, 1.165) is 19.6 Å². The molecule has 0 bridgehead atoms. The highest BCUT2D eigenvalue weighted by molar-refractivity contribution is 5.72. The average Bonchev–Trinajstić information content (AvgIpc) is 2.93. The lowest BCUT2D eigenvalue weighted by Gasteiger charge is -2.40. The van der Waals surface area contributed by atoms with Crippen molar-refractivity contribution in [1.82, 2.24) is 10.2 Å². The van der Waals surface area contributed by atoms with Gasteiger partial charge >= 0.3 is 5.97 Å². The van der Waals surface area contributed by atoms with Gasteiger partial charge in [0, 0.05) is 18.6 Å². The Morgan fingerprint density at radius 2 is 2.21 bits per heavy atom. The Kier molecular flexibility index (Phi) is 5.64. The maximum absolute atomic E-state index is 11.8. The normalized spacial score (nSPS) is 30.2. The minimum absolute atomic E-state index is 0.0121. The molecule has 0 radical (unpaired) electrons. The molecule has 0 aliphatic carbocycles. The van der Waals surface area contributed by atoms with Crippen LogP contribution in [0, 0.1) is 5.92 Å². The highest BCUT2D eigenvalue weighted by Crippen LogP contribution is 2.25. The lowest BCUT2D eigenvalue weighted by molar-refractivity contribution is -0.148. The average molecular weight is 268 g/mol. The van der Waals surface area contributed by atoms with Gasteiger partial charge in [0.2, 0.25) is 0 Å². The van der Waals surface area contributed by atoms with E-state index in [9.17, 15) is 4.79 Å². The molecule has 2 aliphatic rings. The van der Waals surface area contributed by atoms with Gasteiger partial charge in [0.1, 0.15) is 0 Å². The molecular formula is C15H28N2O2. The predicted octanol–water partition coefficient (Wildman–Crippen LogP) is 1.79. The van der Waals surface area contributed by atoms with Crippen molar-refractivity contribution in [2.75, 3.05) is 26.2 Å². The molecule has 2 heterocycles. The maximum Gasteiger partial charge on any atom is 0.309 e. The minimum atomic E-state index is -0.0498. The standard InChI is InChI=1S/C15H28N2O2/c1-3-19-15(18)12(2)11-17-10-5-4-8-14(17)13-7-6-9-16-13/h12-14,16H,3-11H2,1-2H3. The number of rotatable bonds is 5. The number of carbonyl (C=O) groups excluding carboxylic acids is 1. The van der Waals surface area contributed by atoms with Gasteiger partial charge in [-0.1, -0.05) is 13.3 Å². The highest BCUT2D eigenvalue weighted by Gasteiger charge is 2.33. The Hall–Kier alpha value is -0.610. The van der Waals surface area contributed by atoms with Crippen LogP contribution in [0.1, 0.15) is 46.0 Å². The topological polar surface area (TPSA) is 41.6 Å². The maximum atomic E-state index is 11.8. The number of esters is 1. The highest BCUT2D eigenvalue weighted by atomic mass is 16.5. The van der Waals surface area contributed by atoms with E-state index in [1.54, 1.807) is 0 Å². The summed E-state index contributed by atoms with van der Waals surface area (Å²) in [5.74, 6) is -0.0619. The zero-order chi connectivity index (χ0) is 13.7. The van der Waals surface area contributed by atoms with Gasteiger partial charge < -0.3 is 10.1 Å². The number of hydrogen-bond acceptors (Lipinski definition) is 4. The second-order valence-electron chi connectivity index (χ2n) is 5.91. The Labute approximate surface area is 116 Å². The van der Waals surface area contributed by atoms with E-state index in [2.05, 4.69) is 10.2 Å². The van der Waals surface area contributed by atoms with E-state index in [4.69, 9.17) is 4.74 Å². The van der Waals surface area contributed by atoms with Crippen LogP contribution in [0.15, 0.2) is 0 Å². The molecular weight excluding hydrogens is 240 g/mol. The van der Waals surface area contributed by atoms with Gasteiger partial charge in [-0.25, -0.2) is 0 Å². The molecule has 1 N–H and O–H groups in total. The first-order chi connectivity index (χ1) is 9.22. The van der Waals surface area contributed by atoms with Gasteiger partial charge in [0.15, 0.2) is 0 Å². The second kappa shape index (κ2) is 7.25. The molecule has 2 aliphatic heterocycles. The minimum Gasteiger partial charge on any atom is -0.466 e. The van der Waals surface area contributed by atoms with Crippen LogP contribution in [0.2, 0.25) is 0 Å². The van der Waals surface area contributed by atoms with Crippen LogP contribution in [0.3, 0.4) is 0 Å². The first-order valence-electron chi connectivity index (χ1n) is 7.86. The largest absolute Gasteiger partial charge is 0.466 e. The molecule has 2 rings (SSSR count). The molecule has 4 heteroatoms. The number of carbonyl (C=O) groups is 1. The van der Waals surface area contributed by atoms with E-state index in [-0.39, 0.29) is 11.9 Å². The number of ether oxygens (including phenoxy) is 1. The number of hydrogen-bond donors (Lipinski definition) is 1.